The molecule has 1 fully saturated rings. The lowest BCUT2D eigenvalue weighted by Crippen LogP contribution is -2.36. The largest absolute Gasteiger partial charge is 0.461 e. The molecule has 0 unspecified atom stereocenters. The molecule has 0 atom stereocenters. The molecule has 1 aliphatic heterocycles. The van der Waals surface area contributed by atoms with Crippen molar-refractivity contribution in [1.29, 1.82) is 0 Å². The molecule has 0 radical (unpaired) electrons. The first kappa shape index (κ1) is 15.0. The first-order valence-electron chi connectivity index (χ1n) is 7.30. The number of esters is 1. The highest BCUT2D eigenvalue weighted by molar-refractivity contribution is 5.69. The summed E-state index contributed by atoms with van der Waals surface area (Å²) in [5, 5.41) is 9.08. The quantitative estimate of drug-likeness (QED) is 0.806. The topological polar surface area (TPSA) is 49.8 Å². The van der Waals surface area contributed by atoms with Gasteiger partial charge in [-0.25, -0.2) is 0 Å². The Bertz CT molecular complexity index is 399. The molecule has 4 nitrogen and oxygen atoms in total. The van der Waals surface area contributed by atoms with Crippen LogP contribution in [0.4, 0.5) is 0 Å². The summed E-state index contributed by atoms with van der Waals surface area (Å²) in [7, 11) is 0. The van der Waals surface area contributed by atoms with Crippen LogP contribution in [0.15, 0.2) is 30.3 Å². The molecule has 1 N–H and O–H groups in total. The third kappa shape index (κ3) is 4.94. The molecule has 0 spiro atoms. The van der Waals surface area contributed by atoms with Crippen molar-refractivity contribution in [3.05, 3.63) is 35.9 Å². The maximum absolute atomic E-state index is 11.7. The van der Waals surface area contributed by atoms with Gasteiger partial charge in [0, 0.05) is 13.2 Å². The predicted octanol–water partition coefficient (Wildman–Crippen LogP) is 1.82. The molecule has 1 saturated heterocycles. The van der Waals surface area contributed by atoms with Crippen LogP contribution in [0.3, 0.4) is 0 Å². The Kier molecular flexibility index (Phi) is 6.02. The van der Waals surface area contributed by atoms with Gasteiger partial charge in [-0.1, -0.05) is 30.3 Å². The zero-order valence-corrected chi connectivity index (χ0v) is 11.8. The van der Waals surface area contributed by atoms with Crippen molar-refractivity contribution >= 4 is 5.97 Å². The smallest absolute Gasteiger partial charge is 0.307 e. The van der Waals surface area contributed by atoms with Gasteiger partial charge in [0.1, 0.15) is 6.61 Å². The molecule has 1 aliphatic rings. The van der Waals surface area contributed by atoms with E-state index in [2.05, 4.69) is 4.90 Å². The maximum atomic E-state index is 11.7. The van der Waals surface area contributed by atoms with Gasteiger partial charge < -0.3 is 14.7 Å². The maximum Gasteiger partial charge on any atom is 0.307 e. The molecular weight excluding hydrogens is 254 g/mol. The fourth-order valence-corrected chi connectivity index (χ4v) is 2.45. The molecule has 0 amide bonds. The summed E-state index contributed by atoms with van der Waals surface area (Å²) < 4.78 is 5.26. The minimum Gasteiger partial charge on any atom is -0.461 e. The van der Waals surface area contributed by atoms with Crippen LogP contribution in [-0.2, 0) is 16.1 Å². The minimum atomic E-state index is -0.141. The van der Waals surface area contributed by atoms with Crippen LogP contribution in [-0.4, -0.2) is 42.2 Å². The molecule has 110 valence electrons. The van der Waals surface area contributed by atoms with Crippen LogP contribution in [0.2, 0.25) is 0 Å². The molecule has 20 heavy (non-hydrogen) atoms. The Balaban J connectivity index is 1.61. The highest BCUT2D eigenvalue weighted by Gasteiger charge is 2.18. The van der Waals surface area contributed by atoms with E-state index in [0.29, 0.717) is 18.9 Å². The monoisotopic (exact) mass is 277 g/mol. The van der Waals surface area contributed by atoms with E-state index in [4.69, 9.17) is 9.84 Å². The van der Waals surface area contributed by atoms with E-state index in [1.54, 1.807) is 0 Å². The van der Waals surface area contributed by atoms with Crippen molar-refractivity contribution < 1.29 is 14.6 Å². The Labute approximate surface area is 120 Å². The minimum absolute atomic E-state index is 0.141. The number of benzene rings is 1. The van der Waals surface area contributed by atoms with Gasteiger partial charge in [0.25, 0.3) is 0 Å². The zero-order valence-electron chi connectivity index (χ0n) is 11.8. The van der Waals surface area contributed by atoms with Gasteiger partial charge >= 0.3 is 5.97 Å². The number of nitrogens with zero attached hydrogens (tertiary/aromatic N) is 1. The van der Waals surface area contributed by atoms with E-state index in [-0.39, 0.29) is 12.6 Å². The standard InChI is InChI=1S/C16H23NO3/c18-12-14-6-9-17(10-7-14)11-8-16(19)20-13-15-4-2-1-3-5-15/h1-5,14,18H,6-13H2. The third-order valence-electron chi connectivity index (χ3n) is 3.84. The number of carbonyl (C=O) groups excluding carboxylic acids is 1. The second-order valence-electron chi connectivity index (χ2n) is 5.36. The van der Waals surface area contributed by atoms with Crippen LogP contribution in [0.5, 0.6) is 0 Å². The lowest BCUT2D eigenvalue weighted by molar-refractivity contribution is -0.145. The first-order chi connectivity index (χ1) is 9.78. The average molecular weight is 277 g/mol. The van der Waals surface area contributed by atoms with Gasteiger partial charge in [0.2, 0.25) is 0 Å². The first-order valence-corrected chi connectivity index (χ1v) is 7.30. The Morgan fingerprint density at radius 2 is 1.95 bits per heavy atom. The molecule has 0 saturated carbocycles. The second kappa shape index (κ2) is 8.02. The van der Waals surface area contributed by atoms with Crippen molar-refractivity contribution in [3.8, 4) is 0 Å². The molecule has 0 aromatic heterocycles. The number of rotatable bonds is 6. The fraction of sp³-hybridized carbons (Fsp3) is 0.562. The van der Waals surface area contributed by atoms with Crippen molar-refractivity contribution in [2.75, 3.05) is 26.2 Å². The van der Waals surface area contributed by atoms with Crippen LogP contribution in [0.1, 0.15) is 24.8 Å². The molecule has 0 aliphatic carbocycles. The van der Waals surface area contributed by atoms with E-state index in [9.17, 15) is 4.79 Å². The van der Waals surface area contributed by atoms with Crippen molar-refractivity contribution in [2.45, 2.75) is 25.9 Å². The van der Waals surface area contributed by atoms with Crippen LogP contribution in [0.25, 0.3) is 0 Å². The number of aliphatic hydroxyl groups is 1. The molecule has 4 heteroatoms. The van der Waals surface area contributed by atoms with Crippen molar-refractivity contribution in [3.63, 3.8) is 0 Å². The summed E-state index contributed by atoms with van der Waals surface area (Å²) in [4.78, 5) is 14.0. The van der Waals surface area contributed by atoms with Gasteiger partial charge in [-0.05, 0) is 37.4 Å². The average Bonchev–Trinajstić information content (AvgIpc) is 2.52. The number of likely N-dealkylation sites (tertiary alicyclic amines) is 1. The SMILES string of the molecule is O=C(CCN1CCC(CO)CC1)OCc1ccccc1. The summed E-state index contributed by atoms with van der Waals surface area (Å²) in [5.41, 5.74) is 1.02. The Morgan fingerprint density at radius 1 is 1.25 bits per heavy atom. The van der Waals surface area contributed by atoms with Crippen molar-refractivity contribution in [1.82, 2.24) is 4.90 Å². The van der Waals surface area contributed by atoms with Gasteiger partial charge in [0.05, 0.1) is 6.42 Å². The molecule has 1 heterocycles. The van der Waals surface area contributed by atoms with E-state index in [1.807, 2.05) is 30.3 Å². The lowest BCUT2D eigenvalue weighted by atomic mass is 9.98. The predicted molar refractivity (Wildman–Crippen MR) is 77.1 cm³/mol. The van der Waals surface area contributed by atoms with Crippen LogP contribution < -0.4 is 0 Å². The number of carbonyl (C=O) groups is 1. The van der Waals surface area contributed by atoms with Crippen LogP contribution in [0, 0.1) is 5.92 Å². The number of piperidine rings is 1. The van der Waals surface area contributed by atoms with E-state index in [1.165, 1.54) is 0 Å². The summed E-state index contributed by atoms with van der Waals surface area (Å²) in [6, 6.07) is 9.73. The van der Waals surface area contributed by atoms with Gasteiger partial charge in [-0.3, -0.25) is 4.79 Å². The summed E-state index contributed by atoms with van der Waals surface area (Å²) in [5.74, 6) is 0.300. The number of ether oxygens (including phenoxy) is 1. The fourth-order valence-electron chi connectivity index (χ4n) is 2.45. The van der Waals surface area contributed by atoms with E-state index >= 15 is 0 Å². The third-order valence-corrected chi connectivity index (χ3v) is 3.84. The highest BCUT2D eigenvalue weighted by atomic mass is 16.5. The molecule has 0 bridgehead atoms. The summed E-state index contributed by atoms with van der Waals surface area (Å²) in [6.45, 7) is 3.33. The van der Waals surface area contributed by atoms with Crippen LogP contribution >= 0.6 is 0 Å². The Hall–Kier alpha value is -1.39. The molecule has 2 rings (SSSR count). The summed E-state index contributed by atoms with van der Waals surface area (Å²) in [6.07, 6.45) is 2.49. The Morgan fingerprint density at radius 3 is 2.60 bits per heavy atom. The van der Waals surface area contributed by atoms with Crippen molar-refractivity contribution in [2.24, 2.45) is 5.92 Å². The number of hydrogen-bond donors (Lipinski definition) is 1. The highest BCUT2D eigenvalue weighted by Crippen LogP contribution is 2.16. The van der Waals surface area contributed by atoms with Gasteiger partial charge in [-0.15, -0.1) is 0 Å². The zero-order chi connectivity index (χ0) is 14.2. The van der Waals surface area contributed by atoms with E-state index < -0.39 is 0 Å². The van der Waals surface area contributed by atoms with E-state index in [0.717, 1.165) is 38.0 Å². The molecule has 1 aromatic carbocycles. The number of aliphatic hydroxyl groups excluding tert-OH is 1. The van der Waals surface area contributed by atoms with Gasteiger partial charge in [-0.2, -0.15) is 0 Å². The second-order valence-corrected chi connectivity index (χ2v) is 5.36. The van der Waals surface area contributed by atoms with Gasteiger partial charge in [0.15, 0.2) is 0 Å². The molecular formula is C16H23NO3. The number of hydrogen-bond acceptors (Lipinski definition) is 4. The normalized spacial score (nSPS) is 17.1. The summed E-state index contributed by atoms with van der Waals surface area (Å²) >= 11 is 0. The molecule has 1 aromatic rings. The lowest BCUT2D eigenvalue weighted by Gasteiger charge is -2.30.